The zero-order valence-corrected chi connectivity index (χ0v) is 9.52. The van der Waals surface area contributed by atoms with Gasteiger partial charge in [-0.05, 0) is 0 Å². The number of carbonyl (C=O) groups is 1. The lowest BCUT2D eigenvalue weighted by atomic mass is 10.1. The van der Waals surface area contributed by atoms with Crippen LogP contribution in [0, 0.1) is 0 Å². The van der Waals surface area contributed by atoms with Crippen molar-refractivity contribution in [3.05, 3.63) is 11.9 Å². The van der Waals surface area contributed by atoms with Gasteiger partial charge in [0.15, 0.2) is 0 Å². The average molecular weight is 257 g/mol. The molecule has 0 spiro atoms. The molecule has 8 heteroatoms. The highest BCUT2D eigenvalue weighted by molar-refractivity contribution is 5.90. The third-order valence-electron chi connectivity index (χ3n) is 2.83. The van der Waals surface area contributed by atoms with Gasteiger partial charge < -0.3 is 25.0 Å². The molecule has 3 atom stereocenters. The molecule has 1 amide bonds. The number of carbonyl (C=O) groups excluding carboxylic acids is 1. The third kappa shape index (κ3) is 2.36. The zero-order chi connectivity index (χ0) is 13.3. The van der Waals surface area contributed by atoms with Crippen molar-refractivity contribution in [1.29, 1.82) is 0 Å². The summed E-state index contributed by atoms with van der Waals surface area (Å²) in [5.41, 5.74) is 0.132. The number of hydrogen-bond acceptors (Lipinski definition) is 6. The molecule has 0 aromatic carbocycles. The number of amides is 1. The molecule has 0 aliphatic carbocycles. The molecule has 0 radical (unpaired) electrons. The van der Waals surface area contributed by atoms with Gasteiger partial charge in [0, 0.05) is 19.2 Å². The van der Waals surface area contributed by atoms with Crippen LogP contribution in [0.2, 0.25) is 0 Å². The van der Waals surface area contributed by atoms with Gasteiger partial charge in [-0.2, -0.15) is 0 Å². The van der Waals surface area contributed by atoms with E-state index in [0.29, 0.717) is 18.9 Å². The molecule has 1 aliphatic heterocycles. The highest BCUT2D eigenvalue weighted by Gasteiger charge is 2.29. The first-order valence-corrected chi connectivity index (χ1v) is 5.55. The summed E-state index contributed by atoms with van der Waals surface area (Å²) >= 11 is 0. The SMILES string of the molecule is O=C1CCn2cc([C@@H](O)[C@@H](O)[C@H](O)CO)nc2N1. The molecule has 0 fully saturated rings. The monoisotopic (exact) mass is 257 g/mol. The quantitative estimate of drug-likeness (QED) is 0.423. The smallest absolute Gasteiger partial charge is 0.228 e. The lowest BCUT2D eigenvalue weighted by Gasteiger charge is -2.19. The van der Waals surface area contributed by atoms with E-state index < -0.39 is 24.9 Å². The van der Waals surface area contributed by atoms with Crippen molar-refractivity contribution >= 4 is 11.9 Å². The van der Waals surface area contributed by atoms with Gasteiger partial charge in [-0.3, -0.25) is 10.1 Å². The van der Waals surface area contributed by atoms with Gasteiger partial charge in [0.25, 0.3) is 0 Å². The van der Waals surface area contributed by atoms with E-state index in [4.69, 9.17) is 5.11 Å². The topological polar surface area (TPSA) is 128 Å². The molecule has 2 rings (SSSR count). The van der Waals surface area contributed by atoms with Crippen LogP contribution in [-0.4, -0.2) is 54.7 Å². The Morgan fingerprint density at radius 2 is 2.17 bits per heavy atom. The number of rotatable bonds is 4. The predicted molar refractivity (Wildman–Crippen MR) is 59.5 cm³/mol. The number of nitrogens with zero attached hydrogens (tertiary/aromatic N) is 2. The summed E-state index contributed by atoms with van der Waals surface area (Å²) in [5, 5.41) is 39.8. The maximum Gasteiger partial charge on any atom is 0.228 e. The largest absolute Gasteiger partial charge is 0.394 e. The first kappa shape index (κ1) is 13.0. The van der Waals surface area contributed by atoms with Gasteiger partial charge in [-0.15, -0.1) is 0 Å². The van der Waals surface area contributed by atoms with E-state index in [1.807, 2.05) is 0 Å². The van der Waals surface area contributed by atoms with Crippen molar-refractivity contribution in [3.8, 4) is 0 Å². The lowest BCUT2D eigenvalue weighted by molar-refractivity contribution is -0.116. The molecule has 1 aliphatic rings. The Morgan fingerprint density at radius 1 is 1.44 bits per heavy atom. The van der Waals surface area contributed by atoms with Crippen molar-refractivity contribution in [3.63, 3.8) is 0 Å². The summed E-state index contributed by atoms with van der Waals surface area (Å²) < 4.78 is 1.64. The standard InChI is InChI=1S/C10H15N3O5/c14-4-6(15)9(18)8(17)5-3-13-2-1-7(16)12-10(13)11-5/h3,6,8-9,14-15,17-18H,1-2,4H2,(H,11,12,16)/t6-,8-,9+/m1/s1. The van der Waals surface area contributed by atoms with Crippen LogP contribution in [-0.2, 0) is 11.3 Å². The zero-order valence-electron chi connectivity index (χ0n) is 9.52. The Morgan fingerprint density at radius 3 is 2.83 bits per heavy atom. The van der Waals surface area contributed by atoms with Gasteiger partial charge >= 0.3 is 0 Å². The molecule has 2 heterocycles. The fourth-order valence-electron chi connectivity index (χ4n) is 1.75. The minimum Gasteiger partial charge on any atom is -0.394 e. The van der Waals surface area contributed by atoms with Gasteiger partial charge in [0.05, 0.1) is 12.3 Å². The fraction of sp³-hybridized carbons (Fsp3) is 0.600. The van der Waals surface area contributed by atoms with Crippen molar-refractivity contribution in [2.45, 2.75) is 31.3 Å². The molecule has 18 heavy (non-hydrogen) atoms. The van der Waals surface area contributed by atoms with Crippen molar-refractivity contribution < 1.29 is 25.2 Å². The molecule has 1 aromatic heterocycles. The van der Waals surface area contributed by atoms with Crippen LogP contribution in [0.4, 0.5) is 5.95 Å². The Balaban J connectivity index is 2.17. The second-order valence-electron chi connectivity index (χ2n) is 4.17. The van der Waals surface area contributed by atoms with E-state index in [0.717, 1.165) is 0 Å². The van der Waals surface area contributed by atoms with E-state index in [1.165, 1.54) is 6.20 Å². The van der Waals surface area contributed by atoms with E-state index in [2.05, 4.69) is 10.3 Å². The van der Waals surface area contributed by atoms with Gasteiger partial charge in [0.1, 0.15) is 18.3 Å². The minimum atomic E-state index is -1.54. The number of aliphatic hydroxyl groups excluding tert-OH is 4. The van der Waals surface area contributed by atoms with Crippen molar-refractivity contribution in [2.75, 3.05) is 11.9 Å². The first-order chi connectivity index (χ1) is 8.52. The van der Waals surface area contributed by atoms with Gasteiger partial charge in [0.2, 0.25) is 11.9 Å². The Labute approximate surface area is 103 Å². The number of aryl methyl sites for hydroxylation is 1. The first-order valence-electron chi connectivity index (χ1n) is 5.55. The number of nitrogens with one attached hydrogen (secondary N) is 1. The maximum absolute atomic E-state index is 11.1. The minimum absolute atomic E-state index is 0.132. The van der Waals surface area contributed by atoms with Crippen LogP contribution < -0.4 is 5.32 Å². The Kier molecular flexibility index (Phi) is 3.62. The summed E-state index contributed by atoms with van der Waals surface area (Å²) in [6, 6.07) is 0. The molecular formula is C10H15N3O5. The van der Waals surface area contributed by atoms with Gasteiger partial charge in [-0.25, -0.2) is 4.98 Å². The predicted octanol–water partition coefficient (Wildman–Crippen LogP) is -2.03. The Bertz CT molecular complexity index is 447. The highest BCUT2D eigenvalue weighted by Crippen LogP contribution is 2.22. The van der Waals surface area contributed by atoms with Gasteiger partial charge in [-0.1, -0.05) is 0 Å². The van der Waals surface area contributed by atoms with Crippen LogP contribution >= 0.6 is 0 Å². The number of imidazole rings is 1. The summed E-state index contributed by atoms with van der Waals surface area (Å²) in [7, 11) is 0. The van der Waals surface area contributed by atoms with E-state index >= 15 is 0 Å². The number of aliphatic hydroxyl groups is 4. The lowest BCUT2D eigenvalue weighted by Crippen LogP contribution is -2.34. The van der Waals surface area contributed by atoms with Crippen molar-refractivity contribution in [2.24, 2.45) is 0 Å². The Hall–Kier alpha value is -1.48. The van der Waals surface area contributed by atoms with Crippen LogP contribution in [0.25, 0.3) is 0 Å². The fourth-order valence-corrected chi connectivity index (χ4v) is 1.75. The van der Waals surface area contributed by atoms with Crippen LogP contribution in [0.5, 0.6) is 0 Å². The third-order valence-corrected chi connectivity index (χ3v) is 2.83. The van der Waals surface area contributed by atoms with Crippen LogP contribution in [0.15, 0.2) is 6.20 Å². The highest BCUT2D eigenvalue weighted by atomic mass is 16.4. The normalized spacial score (nSPS) is 19.9. The van der Waals surface area contributed by atoms with Crippen LogP contribution in [0.3, 0.4) is 0 Å². The summed E-state index contributed by atoms with van der Waals surface area (Å²) in [6.45, 7) is -0.220. The summed E-state index contributed by atoms with van der Waals surface area (Å²) in [4.78, 5) is 15.1. The molecule has 8 nitrogen and oxygen atoms in total. The maximum atomic E-state index is 11.1. The molecule has 0 bridgehead atoms. The molecule has 0 saturated carbocycles. The molecule has 0 saturated heterocycles. The number of anilines is 1. The summed E-state index contributed by atoms with van der Waals surface area (Å²) in [6.07, 6.45) is -2.61. The summed E-state index contributed by atoms with van der Waals surface area (Å²) in [5.74, 6) is 0.135. The molecule has 1 aromatic rings. The van der Waals surface area contributed by atoms with Crippen molar-refractivity contribution in [1.82, 2.24) is 9.55 Å². The van der Waals surface area contributed by atoms with Crippen LogP contribution in [0.1, 0.15) is 18.2 Å². The second-order valence-corrected chi connectivity index (χ2v) is 4.17. The molecule has 5 N–H and O–H groups in total. The second kappa shape index (κ2) is 5.02. The average Bonchev–Trinajstić information content (AvgIpc) is 2.78. The number of hydrogen-bond donors (Lipinski definition) is 5. The number of aromatic nitrogens is 2. The number of fused-ring (bicyclic) bond motifs is 1. The van der Waals surface area contributed by atoms with E-state index in [-0.39, 0.29) is 11.6 Å². The van der Waals surface area contributed by atoms with E-state index in [9.17, 15) is 20.1 Å². The molecule has 0 unspecified atom stereocenters. The molecular weight excluding hydrogens is 242 g/mol. The molecule has 100 valence electrons. The van der Waals surface area contributed by atoms with E-state index in [1.54, 1.807) is 4.57 Å².